The molecule has 8 nitrogen and oxygen atoms in total. The fourth-order valence-corrected chi connectivity index (χ4v) is 4.01. The zero-order valence-corrected chi connectivity index (χ0v) is 15.8. The molecule has 4 rings (SSSR count). The summed E-state index contributed by atoms with van der Waals surface area (Å²) in [5.41, 5.74) is 0. The van der Waals surface area contributed by atoms with E-state index in [0.717, 1.165) is 64.4 Å². The molecule has 146 valence electrons. The molecule has 2 aromatic rings. The van der Waals surface area contributed by atoms with Crippen LogP contribution in [0, 0.1) is 12.8 Å². The van der Waals surface area contributed by atoms with E-state index in [-0.39, 0.29) is 5.92 Å². The Morgan fingerprint density at radius 2 is 2.04 bits per heavy atom. The van der Waals surface area contributed by atoms with Crippen LogP contribution in [0.2, 0.25) is 0 Å². The molecule has 2 aromatic heterocycles. The van der Waals surface area contributed by atoms with Crippen LogP contribution in [0.15, 0.2) is 27.3 Å². The zero-order chi connectivity index (χ0) is 18.6. The van der Waals surface area contributed by atoms with Crippen molar-refractivity contribution in [1.29, 1.82) is 0 Å². The second-order valence-electron chi connectivity index (χ2n) is 7.48. The minimum Gasteiger partial charge on any atom is -0.468 e. The predicted octanol–water partition coefficient (Wildman–Crippen LogP) is 1.53. The van der Waals surface area contributed by atoms with E-state index in [1.165, 1.54) is 0 Å². The maximum absolute atomic E-state index is 13.0. The van der Waals surface area contributed by atoms with E-state index in [4.69, 9.17) is 8.94 Å². The van der Waals surface area contributed by atoms with Gasteiger partial charge in [0.2, 0.25) is 11.8 Å². The van der Waals surface area contributed by atoms with Gasteiger partial charge in [-0.25, -0.2) is 0 Å². The van der Waals surface area contributed by atoms with Gasteiger partial charge in [0.15, 0.2) is 5.82 Å². The number of piperazine rings is 1. The Kier molecular flexibility index (Phi) is 5.54. The van der Waals surface area contributed by atoms with Crippen molar-refractivity contribution in [2.24, 2.45) is 5.92 Å². The average Bonchev–Trinajstić information content (AvgIpc) is 3.34. The summed E-state index contributed by atoms with van der Waals surface area (Å²) < 4.78 is 10.5. The minimum absolute atomic E-state index is 0.0973. The molecule has 1 amide bonds. The normalized spacial score (nSPS) is 22.3. The van der Waals surface area contributed by atoms with Crippen molar-refractivity contribution >= 4 is 5.91 Å². The number of amides is 1. The Bertz CT molecular complexity index is 736. The summed E-state index contributed by atoms with van der Waals surface area (Å²) in [6.07, 6.45) is 3.75. The highest BCUT2D eigenvalue weighted by molar-refractivity contribution is 5.79. The molecule has 2 fully saturated rings. The van der Waals surface area contributed by atoms with Crippen molar-refractivity contribution in [3.63, 3.8) is 0 Å². The lowest BCUT2D eigenvalue weighted by atomic mass is 9.96. The van der Waals surface area contributed by atoms with Crippen molar-refractivity contribution in [3.05, 3.63) is 35.9 Å². The van der Waals surface area contributed by atoms with Crippen LogP contribution in [0.1, 0.15) is 30.3 Å². The van der Waals surface area contributed by atoms with Crippen molar-refractivity contribution < 1.29 is 13.7 Å². The Hall–Kier alpha value is -2.19. The standard InChI is InChI=1S/C19H27N5O3/c1-15-20-18(21-27-15)14-22-7-9-24(10-8-22)19(25)16-4-2-6-23(12-16)13-17-5-3-11-26-17/h3,5,11,16H,2,4,6-10,12-14H2,1H3/t16-/m0/s1. The second kappa shape index (κ2) is 8.22. The molecule has 0 saturated carbocycles. The highest BCUT2D eigenvalue weighted by Crippen LogP contribution is 2.21. The van der Waals surface area contributed by atoms with Gasteiger partial charge in [0.05, 0.1) is 25.3 Å². The molecule has 4 heterocycles. The molecule has 2 aliphatic heterocycles. The fraction of sp³-hybridized carbons (Fsp3) is 0.632. The number of aromatic nitrogens is 2. The smallest absolute Gasteiger partial charge is 0.227 e. The molecule has 2 saturated heterocycles. The summed E-state index contributed by atoms with van der Waals surface area (Å²) in [6.45, 7) is 8.35. The Labute approximate surface area is 159 Å². The van der Waals surface area contributed by atoms with Gasteiger partial charge in [0.1, 0.15) is 5.76 Å². The molecule has 0 bridgehead atoms. The molecule has 8 heteroatoms. The summed E-state index contributed by atoms with van der Waals surface area (Å²) in [4.78, 5) is 23.9. The molecule has 0 spiro atoms. The van der Waals surface area contributed by atoms with Gasteiger partial charge in [0.25, 0.3) is 0 Å². The van der Waals surface area contributed by atoms with Crippen LogP contribution in [0.4, 0.5) is 0 Å². The van der Waals surface area contributed by atoms with Gasteiger partial charge in [0, 0.05) is 39.6 Å². The number of rotatable bonds is 5. The van der Waals surface area contributed by atoms with Crippen LogP contribution < -0.4 is 0 Å². The highest BCUT2D eigenvalue weighted by Gasteiger charge is 2.31. The van der Waals surface area contributed by atoms with E-state index >= 15 is 0 Å². The first-order valence-corrected chi connectivity index (χ1v) is 9.72. The van der Waals surface area contributed by atoms with Gasteiger partial charge in [-0.05, 0) is 31.5 Å². The van der Waals surface area contributed by atoms with Gasteiger partial charge in [-0.15, -0.1) is 0 Å². The third-order valence-corrected chi connectivity index (χ3v) is 5.43. The van der Waals surface area contributed by atoms with Crippen LogP contribution in [0.5, 0.6) is 0 Å². The summed E-state index contributed by atoms with van der Waals surface area (Å²) in [5.74, 6) is 2.67. The number of carbonyl (C=O) groups excluding carboxylic acids is 1. The topological polar surface area (TPSA) is 78.9 Å². The summed E-state index contributed by atoms with van der Waals surface area (Å²) >= 11 is 0. The molecular formula is C19H27N5O3. The molecule has 0 N–H and O–H groups in total. The molecule has 2 aliphatic rings. The molecule has 1 atom stereocenters. The molecule has 0 unspecified atom stereocenters. The van der Waals surface area contributed by atoms with Gasteiger partial charge < -0.3 is 13.8 Å². The first-order chi connectivity index (χ1) is 13.2. The lowest BCUT2D eigenvalue weighted by Crippen LogP contribution is -2.52. The van der Waals surface area contributed by atoms with E-state index in [1.54, 1.807) is 13.2 Å². The van der Waals surface area contributed by atoms with Crippen molar-refractivity contribution in [1.82, 2.24) is 24.8 Å². The maximum Gasteiger partial charge on any atom is 0.227 e. The predicted molar refractivity (Wildman–Crippen MR) is 97.6 cm³/mol. The van der Waals surface area contributed by atoms with Crippen LogP contribution in [0.3, 0.4) is 0 Å². The van der Waals surface area contributed by atoms with Gasteiger partial charge >= 0.3 is 0 Å². The van der Waals surface area contributed by atoms with E-state index in [0.29, 0.717) is 24.2 Å². The average molecular weight is 373 g/mol. The van der Waals surface area contributed by atoms with Gasteiger partial charge in [-0.2, -0.15) is 4.98 Å². The van der Waals surface area contributed by atoms with Crippen molar-refractivity contribution in [2.75, 3.05) is 39.3 Å². The molecule has 0 aliphatic carbocycles. The second-order valence-corrected chi connectivity index (χ2v) is 7.48. The van der Waals surface area contributed by atoms with Crippen LogP contribution in [-0.4, -0.2) is 70.0 Å². The summed E-state index contributed by atoms with van der Waals surface area (Å²) in [7, 11) is 0. The third-order valence-electron chi connectivity index (χ3n) is 5.43. The lowest BCUT2D eigenvalue weighted by Gasteiger charge is -2.38. The van der Waals surface area contributed by atoms with Gasteiger partial charge in [-0.3, -0.25) is 14.6 Å². The van der Waals surface area contributed by atoms with Crippen LogP contribution in [0.25, 0.3) is 0 Å². The first kappa shape index (κ1) is 18.2. The van der Waals surface area contributed by atoms with E-state index in [9.17, 15) is 4.79 Å². The quantitative estimate of drug-likeness (QED) is 0.786. The molecule has 0 radical (unpaired) electrons. The third kappa shape index (κ3) is 4.56. The minimum atomic E-state index is 0.0973. The Morgan fingerprint density at radius 3 is 2.74 bits per heavy atom. The number of hydrogen-bond donors (Lipinski definition) is 0. The number of carbonyl (C=O) groups is 1. The highest BCUT2D eigenvalue weighted by atomic mass is 16.5. The van der Waals surface area contributed by atoms with Crippen LogP contribution in [-0.2, 0) is 17.9 Å². The number of furan rings is 1. The number of likely N-dealkylation sites (tertiary alicyclic amines) is 1. The maximum atomic E-state index is 13.0. The van der Waals surface area contributed by atoms with E-state index in [1.807, 2.05) is 17.0 Å². The Morgan fingerprint density at radius 1 is 1.19 bits per heavy atom. The first-order valence-electron chi connectivity index (χ1n) is 9.72. The monoisotopic (exact) mass is 373 g/mol. The zero-order valence-electron chi connectivity index (χ0n) is 15.8. The number of hydrogen-bond acceptors (Lipinski definition) is 7. The summed E-state index contributed by atoms with van der Waals surface area (Å²) in [5, 5.41) is 3.95. The fourth-order valence-electron chi connectivity index (χ4n) is 4.01. The lowest BCUT2D eigenvalue weighted by molar-refractivity contribution is -0.139. The van der Waals surface area contributed by atoms with E-state index < -0.39 is 0 Å². The largest absolute Gasteiger partial charge is 0.468 e. The summed E-state index contributed by atoms with van der Waals surface area (Å²) in [6, 6.07) is 3.91. The molecule has 0 aromatic carbocycles. The van der Waals surface area contributed by atoms with Crippen molar-refractivity contribution in [3.8, 4) is 0 Å². The SMILES string of the molecule is Cc1nc(CN2CCN(C(=O)[C@H]3CCCN(Cc4ccco4)C3)CC2)no1. The van der Waals surface area contributed by atoms with Crippen molar-refractivity contribution in [2.45, 2.75) is 32.9 Å². The van der Waals surface area contributed by atoms with Crippen LogP contribution >= 0.6 is 0 Å². The van der Waals surface area contributed by atoms with E-state index in [2.05, 4.69) is 19.9 Å². The van der Waals surface area contributed by atoms with Gasteiger partial charge in [-0.1, -0.05) is 5.16 Å². The molecule has 27 heavy (non-hydrogen) atoms. The molecular weight excluding hydrogens is 346 g/mol. The number of aryl methyl sites for hydroxylation is 1. The Balaban J connectivity index is 1.26. The number of piperidine rings is 1. The number of nitrogens with zero attached hydrogens (tertiary/aromatic N) is 5.